The molecule has 0 bridgehead atoms. The van der Waals surface area contributed by atoms with E-state index in [2.05, 4.69) is 4.99 Å². The third-order valence-electron chi connectivity index (χ3n) is 2.73. The first-order valence-electron chi connectivity index (χ1n) is 6.35. The van der Waals surface area contributed by atoms with Crippen LogP contribution in [0.1, 0.15) is 12.5 Å². The molecule has 0 saturated carbocycles. The zero-order valence-electron chi connectivity index (χ0n) is 11.4. The highest BCUT2D eigenvalue weighted by Gasteiger charge is 2.09. The van der Waals surface area contributed by atoms with Gasteiger partial charge in [-0.1, -0.05) is 12.1 Å². The summed E-state index contributed by atoms with van der Waals surface area (Å²) in [5, 5.41) is 20.5. The minimum atomic E-state index is -0.523. The Morgan fingerprint density at radius 2 is 2.10 bits per heavy atom. The van der Waals surface area contributed by atoms with E-state index in [4.69, 9.17) is 4.74 Å². The van der Waals surface area contributed by atoms with Gasteiger partial charge in [-0.05, 0) is 25.1 Å². The van der Waals surface area contributed by atoms with Crippen molar-refractivity contribution in [2.75, 3.05) is 6.61 Å². The number of phenolic OH excluding ortho intramolecular Hbond substituents is 1. The van der Waals surface area contributed by atoms with Crippen LogP contribution in [-0.4, -0.2) is 22.9 Å². The molecule has 0 heterocycles. The lowest BCUT2D eigenvalue weighted by Gasteiger charge is -2.05. The fraction of sp³-hybridized carbons (Fsp3) is 0.133. The minimum absolute atomic E-state index is 0.0711. The second-order valence-electron chi connectivity index (χ2n) is 4.16. The highest BCUT2D eigenvalue weighted by molar-refractivity contribution is 5.86. The van der Waals surface area contributed by atoms with Crippen LogP contribution >= 0.6 is 0 Å². The second kappa shape index (κ2) is 6.51. The number of rotatable bonds is 5. The molecule has 0 amide bonds. The molecule has 0 aromatic heterocycles. The Labute approximate surface area is 121 Å². The maximum Gasteiger partial charge on any atom is 0.270 e. The van der Waals surface area contributed by atoms with E-state index in [1.807, 2.05) is 19.1 Å². The highest BCUT2D eigenvalue weighted by Crippen LogP contribution is 2.28. The molecule has 0 spiro atoms. The summed E-state index contributed by atoms with van der Waals surface area (Å²) in [5.74, 6) is 0.541. The van der Waals surface area contributed by atoms with Crippen molar-refractivity contribution in [1.82, 2.24) is 0 Å². The van der Waals surface area contributed by atoms with Crippen LogP contribution in [0.3, 0.4) is 0 Å². The Morgan fingerprint density at radius 1 is 1.33 bits per heavy atom. The number of aromatic hydroxyl groups is 1. The third kappa shape index (κ3) is 3.56. The van der Waals surface area contributed by atoms with Crippen molar-refractivity contribution >= 4 is 17.6 Å². The minimum Gasteiger partial charge on any atom is -0.507 e. The van der Waals surface area contributed by atoms with E-state index in [1.54, 1.807) is 12.1 Å². The number of nitro benzene ring substituents is 1. The van der Waals surface area contributed by atoms with E-state index in [-0.39, 0.29) is 17.0 Å². The van der Waals surface area contributed by atoms with E-state index in [0.717, 1.165) is 0 Å². The summed E-state index contributed by atoms with van der Waals surface area (Å²) < 4.78 is 5.43. The van der Waals surface area contributed by atoms with E-state index in [9.17, 15) is 15.2 Å². The first-order valence-corrected chi connectivity index (χ1v) is 6.35. The molecule has 0 saturated heterocycles. The standard InChI is InChI=1S/C15H14N2O4/c1-2-21-15-6-4-3-5-13(15)16-10-11-9-12(17(19)20)7-8-14(11)18/h3-10,18H,2H2,1H3. The summed E-state index contributed by atoms with van der Waals surface area (Å²) in [6.45, 7) is 2.38. The predicted octanol–water partition coefficient (Wildman–Crippen LogP) is 3.45. The monoisotopic (exact) mass is 286 g/mol. The maximum atomic E-state index is 10.7. The molecule has 0 radical (unpaired) electrons. The average Bonchev–Trinajstić information content (AvgIpc) is 2.48. The van der Waals surface area contributed by atoms with Crippen LogP contribution in [0.2, 0.25) is 0 Å². The fourth-order valence-electron chi connectivity index (χ4n) is 1.74. The maximum absolute atomic E-state index is 10.7. The molecule has 0 fully saturated rings. The Hall–Kier alpha value is -2.89. The van der Waals surface area contributed by atoms with E-state index in [1.165, 1.54) is 24.4 Å². The molecule has 108 valence electrons. The molecule has 0 aliphatic heterocycles. The molecule has 2 rings (SSSR count). The largest absolute Gasteiger partial charge is 0.507 e. The number of nitrogens with zero attached hydrogens (tertiary/aromatic N) is 2. The number of aliphatic imine (C=N–C) groups is 1. The van der Waals surface area contributed by atoms with Crippen LogP contribution < -0.4 is 4.74 Å². The SMILES string of the molecule is CCOc1ccccc1N=Cc1cc([N+](=O)[O-])ccc1O. The molecule has 2 aromatic carbocycles. The van der Waals surface area contributed by atoms with Gasteiger partial charge in [-0.2, -0.15) is 0 Å². The summed E-state index contributed by atoms with van der Waals surface area (Å²) >= 11 is 0. The van der Waals surface area contributed by atoms with Crippen molar-refractivity contribution in [3.05, 3.63) is 58.1 Å². The molecular formula is C15H14N2O4. The van der Waals surface area contributed by atoms with Gasteiger partial charge in [0.1, 0.15) is 17.2 Å². The van der Waals surface area contributed by atoms with Gasteiger partial charge in [-0.3, -0.25) is 15.1 Å². The number of hydrogen-bond donors (Lipinski definition) is 1. The van der Waals surface area contributed by atoms with Crippen molar-refractivity contribution < 1.29 is 14.8 Å². The van der Waals surface area contributed by atoms with Crippen LogP contribution in [0.4, 0.5) is 11.4 Å². The van der Waals surface area contributed by atoms with Gasteiger partial charge >= 0.3 is 0 Å². The lowest BCUT2D eigenvalue weighted by atomic mass is 10.2. The topological polar surface area (TPSA) is 85.0 Å². The Morgan fingerprint density at radius 3 is 2.81 bits per heavy atom. The van der Waals surface area contributed by atoms with E-state index in [0.29, 0.717) is 18.0 Å². The smallest absolute Gasteiger partial charge is 0.270 e. The summed E-state index contributed by atoms with van der Waals surface area (Å²) in [6.07, 6.45) is 1.38. The van der Waals surface area contributed by atoms with Gasteiger partial charge in [-0.25, -0.2) is 0 Å². The van der Waals surface area contributed by atoms with Crippen molar-refractivity contribution in [3.63, 3.8) is 0 Å². The molecule has 0 unspecified atom stereocenters. The van der Waals surface area contributed by atoms with Crippen molar-refractivity contribution in [2.45, 2.75) is 6.92 Å². The molecule has 6 heteroatoms. The van der Waals surface area contributed by atoms with E-state index < -0.39 is 4.92 Å². The Kier molecular flexibility index (Phi) is 4.50. The van der Waals surface area contributed by atoms with Crippen LogP contribution in [-0.2, 0) is 0 Å². The van der Waals surface area contributed by atoms with Crippen molar-refractivity contribution in [2.24, 2.45) is 4.99 Å². The summed E-state index contributed by atoms with van der Waals surface area (Å²) in [4.78, 5) is 14.4. The summed E-state index contributed by atoms with van der Waals surface area (Å²) in [5.41, 5.74) is 0.758. The molecule has 1 N–H and O–H groups in total. The number of non-ortho nitro benzene ring substituents is 1. The van der Waals surface area contributed by atoms with E-state index >= 15 is 0 Å². The summed E-state index contributed by atoms with van der Waals surface area (Å²) in [6, 6.07) is 11.0. The third-order valence-corrected chi connectivity index (χ3v) is 2.73. The number of hydrogen-bond acceptors (Lipinski definition) is 5. The molecule has 6 nitrogen and oxygen atoms in total. The van der Waals surface area contributed by atoms with Gasteiger partial charge in [0.05, 0.1) is 11.5 Å². The molecule has 0 aliphatic rings. The van der Waals surface area contributed by atoms with Gasteiger partial charge in [0.2, 0.25) is 0 Å². The number of phenols is 1. The first kappa shape index (κ1) is 14.5. The van der Waals surface area contributed by atoms with Crippen LogP contribution in [0.15, 0.2) is 47.5 Å². The predicted molar refractivity (Wildman–Crippen MR) is 79.6 cm³/mol. The molecule has 21 heavy (non-hydrogen) atoms. The molecule has 2 aromatic rings. The van der Waals surface area contributed by atoms with Crippen LogP contribution in [0, 0.1) is 10.1 Å². The summed E-state index contributed by atoms with van der Waals surface area (Å²) in [7, 11) is 0. The highest BCUT2D eigenvalue weighted by atomic mass is 16.6. The quantitative estimate of drug-likeness (QED) is 0.518. The first-order chi connectivity index (χ1) is 10.1. The average molecular weight is 286 g/mol. The Bertz CT molecular complexity index is 683. The van der Waals surface area contributed by atoms with Gasteiger partial charge in [-0.15, -0.1) is 0 Å². The van der Waals surface area contributed by atoms with Gasteiger partial charge < -0.3 is 9.84 Å². The zero-order valence-corrected chi connectivity index (χ0v) is 11.4. The normalized spacial score (nSPS) is 10.7. The van der Waals surface area contributed by atoms with Crippen molar-refractivity contribution in [1.29, 1.82) is 0 Å². The number of ether oxygens (including phenoxy) is 1. The van der Waals surface area contributed by atoms with Gasteiger partial charge in [0, 0.05) is 23.9 Å². The number of para-hydroxylation sites is 2. The van der Waals surface area contributed by atoms with Crippen LogP contribution in [0.5, 0.6) is 11.5 Å². The molecule has 0 atom stereocenters. The number of nitro groups is 1. The zero-order chi connectivity index (χ0) is 15.2. The lowest BCUT2D eigenvalue weighted by molar-refractivity contribution is -0.384. The van der Waals surface area contributed by atoms with Gasteiger partial charge in [0.15, 0.2) is 0 Å². The van der Waals surface area contributed by atoms with Gasteiger partial charge in [0.25, 0.3) is 5.69 Å². The lowest BCUT2D eigenvalue weighted by Crippen LogP contribution is -1.92. The molecule has 0 aliphatic carbocycles. The fourth-order valence-corrected chi connectivity index (χ4v) is 1.74. The molecular weight excluding hydrogens is 272 g/mol. The van der Waals surface area contributed by atoms with Crippen molar-refractivity contribution in [3.8, 4) is 11.5 Å². The second-order valence-corrected chi connectivity index (χ2v) is 4.16. The Balaban J connectivity index is 2.33. The van der Waals surface area contributed by atoms with Crippen LogP contribution in [0.25, 0.3) is 0 Å². The number of benzene rings is 2.